The maximum absolute atomic E-state index is 11.7. The van der Waals surface area contributed by atoms with Crippen LogP contribution in [0.15, 0.2) is 24.3 Å². The third kappa shape index (κ3) is 1.44. The fourth-order valence-electron chi connectivity index (χ4n) is 2.27. The number of carbonyl (C=O) groups is 1. The average molecular weight is 217 g/mol. The first-order valence-corrected chi connectivity index (χ1v) is 5.30. The number of aliphatic hydroxyl groups is 1. The number of ketones is 1. The molecule has 0 saturated heterocycles. The molecule has 2 aromatic rings. The lowest BCUT2D eigenvalue weighted by atomic mass is 10.1. The van der Waals surface area contributed by atoms with Gasteiger partial charge in [0.15, 0.2) is 5.78 Å². The highest BCUT2D eigenvalue weighted by Gasteiger charge is 2.20. The van der Waals surface area contributed by atoms with Crippen molar-refractivity contribution < 1.29 is 9.90 Å². The highest BCUT2D eigenvalue weighted by molar-refractivity contribution is 6.08. The zero-order chi connectivity index (χ0) is 11.9. The van der Waals surface area contributed by atoms with Crippen molar-refractivity contribution in [2.45, 2.75) is 20.0 Å². The van der Waals surface area contributed by atoms with Gasteiger partial charge in [-0.2, -0.15) is 0 Å². The number of Topliss-reactive ketones (excluding diaryl/α,β-unsaturated/α-hetero) is 1. The summed E-state index contributed by atoms with van der Waals surface area (Å²) in [7, 11) is 1.87. The number of hydrogen-bond donors (Lipinski definition) is 1. The van der Waals surface area contributed by atoms with Crippen LogP contribution in [0.4, 0.5) is 0 Å². The fourth-order valence-corrected chi connectivity index (χ4v) is 2.27. The van der Waals surface area contributed by atoms with Crippen molar-refractivity contribution in [3.8, 4) is 0 Å². The van der Waals surface area contributed by atoms with Crippen molar-refractivity contribution in [1.29, 1.82) is 0 Å². The zero-order valence-electron chi connectivity index (χ0n) is 9.69. The number of aryl methyl sites for hydroxylation is 1. The molecule has 0 aliphatic rings. The summed E-state index contributed by atoms with van der Waals surface area (Å²) in [5.74, 6) is -0.00676. The second-order valence-corrected chi connectivity index (χ2v) is 4.07. The second kappa shape index (κ2) is 3.76. The van der Waals surface area contributed by atoms with Crippen LogP contribution in [0.3, 0.4) is 0 Å². The third-order valence-corrected chi connectivity index (χ3v) is 2.90. The van der Waals surface area contributed by atoms with Crippen LogP contribution in [0.25, 0.3) is 10.9 Å². The molecule has 16 heavy (non-hydrogen) atoms. The van der Waals surface area contributed by atoms with E-state index in [-0.39, 0.29) is 5.78 Å². The lowest BCUT2D eigenvalue weighted by molar-refractivity contribution is 0.101. The third-order valence-electron chi connectivity index (χ3n) is 2.90. The quantitative estimate of drug-likeness (QED) is 0.785. The van der Waals surface area contributed by atoms with Crippen LogP contribution in [0.1, 0.15) is 36.0 Å². The van der Waals surface area contributed by atoms with Crippen LogP contribution in [-0.2, 0) is 7.05 Å². The molecule has 0 fully saturated rings. The van der Waals surface area contributed by atoms with E-state index in [4.69, 9.17) is 0 Å². The van der Waals surface area contributed by atoms with Gasteiger partial charge in [0.2, 0.25) is 0 Å². The van der Waals surface area contributed by atoms with Crippen LogP contribution >= 0.6 is 0 Å². The molecule has 84 valence electrons. The van der Waals surface area contributed by atoms with E-state index in [9.17, 15) is 9.90 Å². The van der Waals surface area contributed by atoms with Crippen LogP contribution in [0, 0.1) is 0 Å². The molecule has 0 spiro atoms. The van der Waals surface area contributed by atoms with E-state index in [2.05, 4.69) is 0 Å². The summed E-state index contributed by atoms with van der Waals surface area (Å²) in [6.45, 7) is 3.22. The Bertz CT molecular complexity index is 552. The number of benzene rings is 1. The summed E-state index contributed by atoms with van der Waals surface area (Å²) in [6.07, 6.45) is -0.642. The van der Waals surface area contributed by atoms with E-state index in [0.29, 0.717) is 11.3 Å². The first-order valence-electron chi connectivity index (χ1n) is 5.30. The van der Waals surface area contributed by atoms with Gasteiger partial charge in [-0.3, -0.25) is 4.79 Å². The number of nitrogens with zero attached hydrogens (tertiary/aromatic N) is 1. The molecule has 0 aliphatic heterocycles. The summed E-state index contributed by atoms with van der Waals surface area (Å²) in [4.78, 5) is 11.7. The van der Waals surface area contributed by atoms with Crippen molar-refractivity contribution >= 4 is 16.7 Å². The summed E-state index contributed by atoms with van der Waals surface area (Å²) < 4.78 is 1.89. The maximum Gasteiger partial charge on any atom is 0.162 e. The predicted molar refractivity (Wildman–Crippen MR) is 63.6 cm³/mol. The van der Waals surface area contributed by atoms with E-state index in [1.807, 2.05) is 35.9 Å². The molecule has 1 N–H and O–H groups in total. The fraction of sp³-hybridized carbons (Fsp3) is 0.308. The molecule has 0 aliphatic carbocycles. The second-order valence-electron chi connectivity index (χ2n) is 4.07. The molecule has 1 atom stereocenters. The van der Waals surface area contributed by atoms with Gasteiger partial charge in [0.1, 0.15) is 0 Å². The largest absolute Gasteiger partial charge is 0.387 e. The summed E-state index contributed by atoms with van der Waals surface area (Å²) >= 11 is 0. The van der Waals surface area contributed by atoms with Crippen LogP contribution in [0.2, 0.25) is 0 Å². The zero-order valence-corrected chi connectivity index (χ0v) is 9.69. The maximum atomic E-state index is 11.7. The van der Waals surface area contributed by atoms with Crippen molar-refractivity contribution in [2.24, 2.45) is 7.05 Å². The highest BCUT2D eigenvalue weighted by atomic mass is 16.3. The highest BCUT2D eigenvalue weighted by Crippen LogP contribution is 2.29. The molecule has 3 heteroatoms. The van der Waals surface area contributed by atoms with Gasteiger partial charge in [-0.05, 0) is 19.9 Å². The molecule has 0 radical (unpaired) electrons. The number of hydrogen-bond acceptors (Lipinski definition) is 2. The van der Waals surface area contributed by atoms with E-state index >= 15 is 0 Å². The summed E-state index contributed by atoms with van der Waals surface area (Å²) in [6, 6.07) is 7.70. The normalized spacial score (nSPS) is 13.0. The molecule has 2 rings (SSSR count). The topological polar surface area (TPSA) is 42.2 Å². The average Bonchev–Trinajstić information content (AvgIpc) is 2.53. The lowest BCUT2D eigenvalue weighted by Gasteiger charge is -2.08. The Morgan fingerprint density at radius 1 is 1.38 bits per heavy atom. The molecule has 1 unspecified atom stereocenters. The van der Waals surface area contributed by atoms with Gasteiger partial charge in [-0.25, -0.2) is 0 Å². The number of fused-ring (bicyclic) bond motifs is 1. The molecule has 1 aromatic heterocycles. The van der Waals surface area contributed by atoms with Gasteiger partial charge in [0.25, 0.3) is 0 Å². The minimum Gasteiger partial charge on any atom is -0.387 e. The predicted octanol–water partition coefficient (Wildman–Crippen LogP) is 2.43. The SMILES string of the molecule is CC(=O)c1c(C(C)O)n(C)c2ccccc12. The van der Waals surface area contributed by atoms with E-state index in [1.54, 1.807) is 6.92 Å². The molecule has 3 nitrogen and oxygen atoms in total. The summed E-state index contributed by atoms with van der Waals surface area (Å²) in [5, 5.41) is 10.7. The minimum atomic E-state index is -0.642. The van der Waals surface area contributed by atoms with Crippen molar-refractivity contribution in [2.75, 3.05) is 0 Å². The van der Waals surface area contributed by atoms with Crippen LogP contribution in [0.5, 0.6) is 0 Å². The van der Waals surface area contributed by atoms with Gasteiger partial charge in [0.05, 0.1) is 11.8 Å². The Morgan fingerprint density at radius 2 is 2.00 bits per heavy atom. The van der Waals surface area contributed by atoms with E-state index in [0.717, 1.165) is 10.9 Å². The van der Waals surface area contributed by atoms with E-state index < -0.39 is 6.10 Å². The van der Waals surface area contributed by atoms with Crippen LogP contribution in [-0.4, -0.2) is 15.5 Å². The van der Waals surface area contributed by atoms with Gasteiger partial charge in [0, 0.05) is 23.5 Å². The monoisotopic (exact) mass is 217 g/mol. The lowest BCUT2D eigenvalue weighted by Crippen LogP contribution is -2.05. The van der Waals surface area contributed by atoms with E-state index in [1.165, 1.54) is 6.92 Å². The van der Waals surface area contributed by atoms with Gasteiger partial charge < -0.3 is 9.67 Å². The Labute approximate surface area is 94.3 Å². The Hall–Kier alpha value is -1.61. The smallest absolute Gasteiger partial charge is 0.162 e. The van der Waals surface area contributed by atoms with Crippen molar-refractivity contribution in [1.82, 2.24) is 4.57 Å². The molecule has 0 amide bonds. The first kappa shape index (κ1) is 10.9. The van der Waals surface area contributed by atoms with Gasteiger partial charge in [-0.15, -0.1) is 0 Å². The molecule has 1 heterocycles. The first-order chi connectivity index (χ1) is 7.54. The van der Waals surface area contributed by atoms with Gasteiger partial charge >= 0.3 is 0 Å². The number of aliphatic hydroxyl groups excluding tert-OH is 1. The number of carbonyl (C=O) groups excluding carboxylic acids is 1. The Morgan fingerprint density at radius 3 is 2.56 bits per heavy atom. The Kier molecular flexibility index (Phi) is 2.56. The number of rotatable bonds is 2. The molecular weight excluding hydrogens is 202 g/mol. The molecule has 0 bridgehead atoms. The standard InChI is InChI=1S/C13H15NO2/c1-8(15)12-10-6-4-5-7-11(10)14(3)13(12)9(2)16/h4-7,9,16H,1-3H3. The van der Waals surface area contributed by atoms with Crippen LogP contribution < -0.4 is 0 Å². The molecular formula is C13H15NO2. The number of para-hydroxylation sites is 1. The minimum absolute atomic E-state index is 0.00676. The molecule has 0 saturated carbocycles. The van der Waals surface area contributed by atoms with Crippen molar-refractivity contribution in [3.05, 3.63) is 35.5 Å². The van der Waals surface area contributed by atoms with Crippen molar-refractivity contribution in [3.63, 3.8) is 0 Å². The Balaban J connectivity index is 2.92. The van der Waals surface area contributed by atoms with Gasteiger partial charge in [-0.1, -0.05) is 18.2 Å². The summed E-state index contributed by atoms with van der Waals surface area (Å²) in [5.41, 5.74) is 2.30. The molecule has 1 aromatic carbocycles. The number of aromatic nitrogens is 1.